The number of nitrogens with one attached hydrogen (secondary N) is 1. The first-order valence-corrected chi connectivity index (χ1v) is 12.2. The number of amides is 1. The third-order valence-electron chi connectivity index (χ3n) is 6.55. The Morgan fingerprint density at radius 2 is 1.77 bits per heavy atom. The third kappa shape index (κ3) is 5.51. The van der Waals surface area contributed by atoms with Crippen LogP contribution in [-0.2, 0) is 17.8 Å². The van der Waals surface area contributed by atoms with Crippen molar-refractivity contribution in [2.75, 3.05) is 20.8 Å². The molecule has 5 heteroatoms. The molecule has 0 spiro atoms. The molecule has 4 aromatic rings. The molecule has 0 saturated carbocycles. The Morgan fingerprint density at radius 3 is 2.51 bits per heavy atom. The summed E-state index contributed by atoms with van der Waals surface area (Å²) in [7, 11) is 3.25. The zero-order chi connectivity index (χ0) is 24.8. The van der Waals surface area contributed by atoms with Crippen LogP contribution in [0, 0.1) is 6.92 Å². The second-order valence-corrected chi connectivity index (χ2v) is 8.85. The third-order valence-corrected chi connectivity index (χ3v) is 6.55. The van der Waals surface area contributed by atoms with Crippen molar-refractivity contribution in [1.29, 1.82) is 0 Å². The summed E-state index contributed by atoms with van der Waals surface area (Å²) in [5.74, 6) is 1.43. The summed E-state index contributed by atoms with van der Waals surface area (Å²) in [5, 5.41) is 4.34. The molecule has 5 nitrogen and oxygen atoms in total. The van der Waals surface area contributed by atoms with Gasteiger partial charge < -0.3 is 19.4 Å². The highest BCUT2D eigenvalue weighted by Crippen LogP contribution is 2.35. The highest BCUT2D eigenvalue weighted by atomic mass is 16.5. The van der Waals surface area contributed by atoms with Crippen molar-refractivity contribution in [3.8, 4) is 11.5 Å². The molecule has 4 rings (SSSR count). The van der Waals surface area contributed by atoms with Gasteiger partial charge in [-0.15, -0.1) is 0 Å². The van der Waals surface area contributed by atoms with Gasteiger partial charge in [0.15, 0.2) is 11.5 Å². The van der Waals surface area contributed by atoms with Gasteiger partial charge in [-0.3, -0.25) is 4.79 Å². The van der Waals surface area contributed by atoms with Crippen LogP contribution < -0.4 is 14.8 Å². The number of aromatic nitrogens is 1. The van der Waals surface area contributed by atoms with Crippen LogP contribution in [0.3, 0.4) is 0 Å². The molecule has 1 aromatic heterocycles. The molecule has 1 amide bonds. The lowest BCUT2D eigenvalue weighted by molar-refractivity contribution is -0.121. The summed E-state index contributed by atoms with van der Waals surface area (Å²) in [6.45, 7) is 5.70. The number of rotatable bonds is 10. The summed E-state index contributed by atoms with van der Waals surface area (Å²) in [5.41, 5.74) is 5.85. The second kappa shape index (κ2) is 11.1. The van der Waals surface area contributed by atoms with E-state index in [0.29, 0.717) is 24.5 Å². The fourth-order valence-electron chi connectivity index (χ4n) is 4.75. The fourth-order valence-corrected chi connectivity index (χ4v) is 4.75. The van der Waals surface area contributed by atoms with Gasteiger partial charge in [-0.2, -0.15) is 0 Å². The van der Waals surface area contributed by atoms with Gasteiger partial charge in [-0.05, 0) is 55.2 Å². The van der Waals surface area contributed by atoms with Gasteiger partial charge >= 0.3 is 0 Å². The molecule has 0 fully saturated rings. The summed E-state index contributed by atoms with van der Waals surface area (Å²) in [6, 6.07) is 22.8. The first-order chi connectivity index (χ1) is 17.0. The van der Waals surface area contributed by atoms with Crippen LogP contribution >= 0.6 is 0 Å². The molecular formula is C30H34N2O3. The number of nitrogens with zero attached hydrogens (tertiary/aromatic N) is 1. The standard InChI is InChI=1S/C30H34N2O3/c1-5-32-20-26(24-11-6-7-12-27(24)32)25(23-10-8-9-21(2)17-23)19-30(33)31-16-15-22-13-14-28(34-3)29(18-22)35-4/h6-14,17-18,20,25H,5,15-16,19H2,1-4H3,(H,31,33). The average molecular weight is 471 g/mol. The van der Waals surface area contributed by atoms with Crippen LogP contribution in [-0.4, -0.2) is 31.2 Å². The van der Waals surface area contributed by atoms with Crippen LogP contribution in [0.5, 0.6) is 11.5 Å². The maximum absolute atomic E-state index is 13.1. The molecule has 1 unspecified atom stereocenters. The minimum Gasteiger partial charge on any atom is -0.493 e. The molecule has 0 aliphatic carbocycles. The van der Waals surface area contributed by atoms with Gasteiger partial charge in [0.2, 0.25) is 5.91 Å². The molecular weight excluding hydrogens is 436 g/mol. The number of carbonyl (C=O) groups excluding carboxylic acids is 1. The van der Waals surface area contributed by atoms with E-state index in [0.717, 1.165) is 18.5 Å². The van der Waals surface area contributed by atoms with Crippen LogP contribution in [0.15, 0.2) is 72.9 Å². The van der Waals surface area contributed by atoms with E-state index >= 15 is 0 Å². The van der Waals surface area contributed by atoms with E-state index in [1.807, 2.05) is 18.2 Å². The van der Waals surface area contributed by atoms with Crippen LogP contribution in [0.1, 0.15) is 41.5 Å². The Balaban J connectivity index is 1.53. The molecule has 0 bridgehead atoms. The molecule has 182 valence electrons. The van der Waals surface area contributed by atoms with Crippen molar-refractivity contribution in [3.05, 3.63) is 95.2 Å². The van der Waals surface area contributed by atoms with E-state index in [9.17, 15) is 4.79 Å². The lowest BCUT2D eigenvalue weighted by Crippen LogP contribution is -2.27. The van der Waals surface area contributed by atoms with E-state index in [4.69, 9.17) is 9.47 Å². The zero-order valence-corrected chi connectivity index (χ0v) is 21.0. The lowest BCUT2D eigenvalue weighted by Gasteiger charge is -2.18. The second-order valence-electron chi connectivity index (χ2n) is 8.85. The minimum atomic E-state index is -0.0197. The minimum absolute atomic E-state index is 0.0197. The van der Waals surface area contributed by atoms with Gasteiger partial charge in [0.1, 0.15) is 0 Å². The normalized spacial score (nSPS) is 11.9. The van der Waals surface area contributed by atoms with Gasteiger partial charge in [-0.25, -0.2) is 0 Å². The Kier molecular flexibility index (Phi) is 7.76. The van der Waals surface area contributed by atoms with Crippen molar-refractivity contribution in [2.24, 2.45) is 0 Å². The van der Waals surface area contributed by atoms with Gasteiger partial charge in [0, 0.05) is 42.5 Å². The van der Waals surface area contributed by atoms with Gasteiger partial charge in [-0.1, -0.05) is 54.1 Å². The average Bonchev–Trinajstić information content (AvgIpc) is 3.25. The number of fused-ring (bicyclic) bond motifs is 1. The SMILES string of the molecule is CCn1cc(C(CC(=O)NCCc2ccc(OC)c(OC)c2)c2cccc(C)c2)c2ccccc21. The van der Waals surface area contributed by atoms with Crippen molar-refractivity contribution in [2.45, 2.75) is 39.2 Å². The number of carbonyl (C=O) groups is 1. The fraction of sp³-hybridized carbons (Fsp3) is 0.300. The molecule has 1 N–H and O–H groups in total. The van der Waals surface area contributed by atoms with E-state index in [2.05, 4.69) is 78.5 Å². The summed E-state index contributed by atoms with van der Waals surface area (Å²) in [4.78, 5) is 13.1. The predicted molar refractivity (Wildman–Crippen MR) is 142 cm³/mol. The molecule has 35 heavy (non-hydrogen) atoms. The smallest absolute Gasteiger partial charge is 0.220 e. The van der Waals surface area contributed by atoms with E-state index in [1.54, 1.807) is 14.2 Å². The van der Waals surface area contributed by atoms with Crippen molar-refractivity contribution in [1.82, 2.24) is 9.88 Å². The highest BCUT2D eigenvalue weighted by Gasteiger charge is 2.22. The summed E-state index contributed by atoms with van der Waals surface area (Å²) < 4.78 is 13.0. The molecule has 0 saturated heterocycles. The van der Waals surface area contributed by atoms with Crippen LogP contribution in [0.25, 0.3) is 10.9 Å². The van der Waals surface area contributed by atoms with Crippen molar-refractivity contribution >= 4 is 16.8 Å². The zero-order valence-electron chi connectivity index (χ0n) is 21.0. The molecule has 3 aromatic carbocycles. The predicted octanol–water partition coefficient (Wildman–Crippen LogP) is 5.87. The Labute approximate surface area is 207 Å². The lowest BCUT2D eigenvalue weighted by atomic mass is 9.87. The summed E-state index contributed by atoms with van der Waals surface area (Å²) >= 11 is 0. The van der Waals surface area contributed by atoms with Crippen molar-refractivity contribution < 1.29 is 14.3 Å². The number of benzene rings is 3. The van der Waals surface area contributed by atoms with Gasteiger partial charge in [0.25, 0.3) is 0 Å². The Hall–Kier alpha value is -3.73. The molecule has 1 heterocycles. The molecule has 0 aliphatic heterocycles. The van der Waals surface area contributed by atoms with Gasteiger partial charge in [0.05, 0.1) is 14.2 Å². The Morgan fingerprint density at radius 1 is 0.971 bits per heavy atom. The Bertz CT molecular complexity index is 1310. The topological polar surface area (TPSA) is 52.5 Å². The van der Waals surface area contributed by atoms with E-state index in [1.165, 1.54) is 27.6 Å². The van der Waals surface area contributed by atoms with Crippen LogP contribution in [0.4, 0.5) is 0 Å². The number of para-hydroxylation sites is 1. The highest BCUT2D eigenvalue weighted by molar-refractivity contribution is 5.86. The number of ether oxygens (including phenoxy) is 2. The largest absolute Gasteiger partial charge is 0.493 e. The molecule has 0 radical (unpaired) electrons. The van der Waals surface area contributed by atoms with E-state index in [-0.39, 0.29) is 11.8 Å². The van der Waals surface area contributed by atoms with Crippen LogP contribution in [0.2, 0.25) is 0 Å². The number of methoxy groups -OCH3 is 2. The first kappa shape index (κ1) is 24.4. The number of aryl methyl sites for hydroxylation is 2. The maximum atomic E-state index is 13.1. The monoisotopic (exact) mass is 470 g/mol. The number of hydrogen-bond donors (Lipinski definition) is 1. The molecule has 1 atom stereocenters. The van der Waals surface area contributed by atoms with Crippen molar-refractivity contribution in [3.63, 3.8) is 0 Å². The summed E-state index contributed by atoms with van der Waals surface area (Å²) in [6.07, 6.45) is 3.33. The quantitative estimate of drug-likeness (QED) is 0.315. The van der Waals surface area contributed by atoms with E-state index < -0.39 is 0 Å². The first-order valence-electron chi connectivity index (χ1n) is 12.2. The maximum Gasteiger partial charge on any atom is 0.220 e. The number of hydrogen-bond acceptors (Lipinski definition) is 3. The molecule has 0 aliphatic rings.